The Kier molecular flexibility index (Phi) is 4.75. The van der Waals surface area contributed by atoms with Gasteiger partial charge in [-0.15, -0.1) is 0 Å². The van der Waals surface area contributed by atoms with Crippen LogP contribution in [-0.4, -0.2) is 23.1 Å². The lowest BCUT2D eigenvalue weighted by molar-refractivity contribution is 0.677. The lowest BCUT2D eigenvalue weighted by Gasteiger charge is -2.23. The molecule has 0 spiro atoms. The lowest BCUT2D eigenvalue weighted by atomic mass is 10.2. The second kappa shape index (κ2) is 5.85. The molecule has 0 bridgehead atoms. The summed E-state index contributed by atoms with van der Waals surface area (Å²) in [4.78, 5) is 10.3. The minimum Gasteiger partial charge on any atom is -0.355 e. The molecule has 0 aliphatic rings. The highest BCUT2D eigenvalue weighted by molar-refractivity contribution is 14.1. The smallest absolute Gasteiger partial charge is 0.145 e. The largest absolute Gasteiger partial charge is 0.355 e. The second-order valence-electron chi connectivity index (χ2n) is 3.26. The van der Waals surface area contributed by atoms with Gasteiger partial charge in [-0.1, -0.05) is 0 Å². The molecule has 0 saturated heterocycles. The van der Waals surface area contributed by atoms with Crippen molar-refractivity contribution >= 4 is 28.4 Å². The maximum Gasteiger partial charge on any atom is 0.145 e. The Hall–Kier alpha value is -0.900. The maximum atomic E-state index is 8.78. The summed E-state index contributed by atoms with van der Waals surface area (Å²) in [5.41, 5.74) is 0. The number of hydrogen-bond acceptors (Lipinski definition) is 4. The molecule has 0 radical (unpaired) electrons. The molecule has 4 nitrogen and oxygen atoms in total. The van der Waals surface area contributed by atoms with Crippen LogP contribution in [0.2, 0.25) is 0 Å². The van der Waals surface area contributed by atoms with Crippen LogP contribution in [-0.2, 0) is 0 Å². The monoisotopic (exact) mass is 316 g/mol. The molecule has 15 heavy (non-hydrogen) atoms. The van der Waals surface area contributed by atoms with Gasteiger partial charge in [-0.25, -0.2) is 9.97 Å². The summed E-state index contributed by atoms with van der Waals surface area (Å²) in [5, 5.41) is 8.78. The fourth-order valence-corrected chi connectivity index (χ4v) is 1.92. The molecule has 0 fully saturated rings. The van der Waals surface area contributed by atoms with Crippen molar-refractivity contribution in [1.82, 2.24) is 9.97 Å². The van der Waals surface area contributed by atoms with Crippen LogP contribution >= 0.6 is 22.6 Å². The van der Waals surface area contributed by atoms with Crippen molar-refractivity contribution in [3.63, 3.8) is 0 Å². The summed E-state index contributed by atoms with van der Waals surface area (Å²) in [5.74, 6) is 0.922. The van der Waals surface area contributed by atoms with E-state index in [4.69, 9.17) is 5.26 Å². The van der Waals surface area contributed by atoms with E-state index in [1.165, 1.54) is 6.33 Å². The predicted molar refractivity (Wildman–Crippen MR) is 67.4 cm³/mol. The first-order valence-corrected chi connectivity index (χ1v) is 5.87. The van der Waals surface area contributed by atoms with Gasteiger partial charge in [-0.2, -0.15) is 5.26 Å². The highest BCUT2D eigenvalue weighted by Gasteiger charge is 2.12. The number of anilines is 1. The Bertz CT molecular complexity index is 361. The van der Waals surface area contributed by atoms with Crippen LogP contribution in [0.4, 0.5) is 5.82 Å². The molecule has 5 heteroatoms. The summed E-state index contributed by atoms with van der Waals surface area (Å²) < 4.78 is 1.02. The summed E-state index contributed by atoms with van der Waals surface area (Å²) in [6.45, 7) is 5.53. The van der Waals surface area contributed by atoms with E-state index in [1.54, 1.807) is 6.20 Å². The molecule has 1 rings (SSSR count). The van der Waals surface area contributed by atoms with Gasteiger partial charge in [0.25, 0.3) is 0 Å². The van der Waals surface area contributed by atoms with E-state index >= 15 is 0 Å². The van der Waals surface area contributed by atoms with Gasteiger partial charge in [0.2, 0.25) is 0 Å². The van der Waals surface area contributed by atoms with Crippen molar-refractivity contribution in [3.05, 3.63) is 16.1 Å². The third kappa shape index (κ3) is 3.30. The predicted octanol–water partition coefficient (Wildman–Crippen LogP) is 2.07. The molecular formula is C10H13IN4. The minimum atomic E-state index is 0.00992. The molecule has 0 saturated carbocycles. The number of aromatic nitrogens is 2. The van der Waals surface area contributed by atoms with E-state index in [0.717, 1.165) is 15.9 Å². The fourth-order valence-electron chi connectivity index (χ4n) is 1.28. The normalized spacial score (nSPS) is 11.9. The van der Waals surface area contributed by atoms with E-state index in [9.17, 15) is 0 Å². The Morgan fingerprint density at radius 1 is 1.67 bits per heavy atom. The summed E-state index contributed by atoms with van der Waals surface area (Å²) in [6.07, 6.45) is 3.32. The Balaban J connectivity index is 2.84. The van der Waals surface area contributed by atoms with Crippen LogP contribution in [0.3, 0.4) is 0 Å². The molecule has 1 heterocycles. The van der Waals surface area contributed by atoms with E-state index in [0.29, 0.717) is 6.54 Å². The first-order valence-electron chi connectivity index (χ1n) is 4.79. The number of rotatable bonds is 4. The third-order valence-corrected chi connectivity index (χ3v) is 2.81. The van der Waals surface area contributed by atoms with Gasteiger partial charge in [0.05, 0.1) is 15.6 Å². The highest BCUT2D eigenvalue weighted by atomic mass is 127. The van der Waals surface area contributed by atoms with Crippen LogP contribution in [0.25, 0.3) is 0 Å². The van der Waals surface area contributed by atoms with Gasteiger partial charge in [-0.3, -0.25) is 0 Å². The van der Waals surface area contributed by atoms with E-state index in [2.05, 4.69) is 50.5 Å². The number of nitriles is 1. The van der Waals surface area contributed by atoms with Crippen LogP contribution in [0.15, 0.2) is 12.5 Å². The quantitative estimate of drug-likeness (QED) is 0.798. The minimum absolute atomic E-state index is 0.00992. The Morgan fingerprint density at radius 2 is 2.40 bits per heavy atom. The molecule has 0 N–H and O–H groups in total. The van der Waals surface area contributed by atoms with Crippen LogP contribution in [0.1, 0.15) is 13.8 Å². The van der Waals surface area contributed by atoms with Crippen LogP contribution < -0.4 is 4.90 Å². The summed E-state index contributed by atoms with van der Waals surface area (Å²) >= 11 is 2.21. The molecule has 0 aliphatic carbocycles. The van der Waals surface area contributed by atoms with Crippen LogP contribution in [0.5, 0.6) is 0 Å². The highest BCUT2D eigenvalue weighted by Crippen LogP contribution is 2.18. The summed E-state index contributed by atoms with van der Waals surface area (Å²) in [7, 11) is 0. The number of halogens is 1. The van der Waals surface area contributed by atoms with E-state index in [-0.39, 0.29) is 5.92 Å². The maximum absolute atomic E-state index is 8.78. The van der Waals surface area contributed by atoms with Gasteiger partial charge in [0, 0.05) is 19.3 Å². The van der Waals surface area contributed by atoms with Gasteiger partial charge in [0.1, 0.15) is 12.1 Å². The first-order chi connectivity index (χ1) is 7.19. The number of hydrogen-bond donors (Lipinski definition) is 0. The average molecular weight is 316 g/mol. The second-order valence-corrected chi connectivity index (χ2v) is 4.43. The average Bonchev–Trinajstić information content (AvgIpc) is 2.26. The molecule has 0 amide bonds. The molecule has 1 aromatic rings. The topological polar surface area (TPSA) is 52.8 Å². The van der Waals surface area contributed by atoms with Crippen molar-refractivity contribution in [2.45, 2.75) is 13.8 Å². The fraction of sp³-hybridized carbons (Fsp3) is 0.500. The third-order valence-electron chi connectivity index (χ3n) is 2.04. The SMILES string of the molecule is CCN(CC(C)C#N)c1ncncc1I. The zero-order valence-electron chi connectivity index (χ0n) is 8.81. The molecule has 1 atom stereocenters. The molecule has 0 aliphatic heterocycles. The van der Waals surface area contributed by atoms with Crippen molar-refractivity contribution < 1.29 is 0 Å². The summed E-state index contributed by atoms with van der Waals surface area (Å²) in [6, 6.07) is 2.23. The van der Waals surface area contributed by atoms with Crippen LogP contribution in [0, 0.1) is 20.8 Å². The molecule has 80 valence electrons. The molecular weight excluding hydrogens is 303 g/mol. The molecule has 0 aromatic carbocycles. The zero-order chi connectivity index (χ0) is 11.3. The van der Waals surface area contributed by atoms with E-state index < -0.39 is 0 Å². The van der Waals surface area contributed by atoms with Gasteiger partial charge in [-0.05, 0) is 36.4 Å². The van der Waals surface area contributed by atoms with Gasteiger partial charge in [0.15, 0.2) is 0 Å². The first kappa shape index (κ1) is 12.2. The van der Waals surface area contributed by atoms with Crippen molar-refractivity contribution in [2.24, 2.45) is 5.92 Å². The zero-order valence-corrected chi connectivity index (χ0v) is 11.0. The van der Waals surface area contributed by atoms with Crippen molar-refractivity contribution in [1.29, 1.82) is 5.26 Å². The Labute approximate surface area is 103 Å². The number of nitrogens with zero attached hydrogens (tertiary/aromatic N) is 4. The standard InChI is InChI=1S/C10H13IN4/c1-3-15(6-8(2)4-12)10-9(11)5-13-7-14-10/h5,7-8H,3,6H2,1-2H3. The van der Waals surface area contributed by atoms with E-state index in [1.807, 2.05) is 6.92 Å². The van der Waals surface area contributed by atoms with Crippen molar-refractivity contribution in [2.75, 3.05) is 18.0 Å². The lowest BCUT2D eigenvalue weighted by Crippen LogP contribution is -2.29. The Morgan fingerprint density at radius 3 is 2.93 bits per heavy atom. The van der Waals surface area contributed by atoms with Crippen molar-refractivity contribution in [3.8, 4) is 6.07 Å². The van der Waals surface area contributed by atoms with Gasteiger partial charge >= 0.3 is 0 Å². The van der Waals surface area contributed by atoms with Gasteiger partial charge < -0.3 is 4.90 Å². The molecule has 1 unspecified atom stereocenters. The molecule has 1 aromatic heterocycles.